The van der Waals surface area contributed by atoms with E-state index in [9.17, 15) is 9.90 Å². The zero-order valence-electron chi connectivity index (χ0n) is 12.5. The maximum absolute atomic E-state index is 12.6. The highest BCUT2D eigenvalue weighted by Crippen LogP contribution is 2.36. The number of hydrogen-bond donors (Lipinski definition) is 1. The standard InChI is InChI=1S/C19H19NO2/c21-16-7-9-20(10-8-16)19(22)14-5-6-18-15(12-14)11-13-3-1-2-4-17(13)18/h1-6,12,16,21H,7-11H2. The second-order valence-corrected chi connectivity index (χ2v) is 6.23. The van der Waals surface area contributed by atoms with Crippen molar-refractivity contribution in [3.63, 3.8) is 0 Å². The highest BCUT2D eigenvalue weighted by atomic mass is 16.3. The van der Waals surface area contributed by atoms with E-state index in [1.54, 1.807) is 0 Å². The minimum atomic E-state index is -0.251. The molecule has 0 radical (unpaired) electrons. The van der Waals surface area contributed by atoms with Gasteiger partial charge in [-0.05, 0) is 53.6 Å². The van der Waals surface area contributed by atoms with Crippen LogP contribution in [0.2, 0.25) is 0 Å². The summed E-state index contributed by atoms with van der Waals surface area (Å²) in [5.74, 6) is 0.0886. The van der Waals surface area contributed by atoms with Crippen LogP contribution < -0.4 is 0 Å². The molecule has 1 heterocycles. The summed E-state index contributed by atoms with van der Waals surface area (Å²) in [6.45, 7) is 1.30. The fraction of sp³-hybridized carbons (Fsp3) is 0.316. The van der Waals surface area contributed by atoms with Crippen molar-refractivity contribution < 1.29 is 9.90 Å². The van der Waals surface area contributed by atoms with Gasteiger partial charge in [-0.2, -0.15) is 0 Å². The number of aliphatic hydroxyl groups excluding tert-OH is 1. The monoisotopic (exact) mass is 293 g/mol. The Morgan fingerprint density at radius 1 is 1.00 bits per heavy atom. The van der Waals surface area contributed by atoms with Gasteiger partial charge in [0.2, 0.25) is 0 Å². The molecule has 1 amide bonds. The van der Waals surface area contributed by atoms with Gasteiger partial charge in [-0.15, -0.1) is 0 Å². The number of carbonyl (C=O) groups is 1. The molecule has 1 fully saturated rings. The van der Waals surface area contributed by atoms with Crippen LogP contribution in [0.1, 0.15) is 34.3 Å². The minimum Gasteiger partial charge on any atom is -0.393 e. The van der Waals surface area contributed by atoms with Gasteiger partial charge in [0.1, 0.15) is 0 Å². The molecular formula is C19H19NO2. The van der Waals surface area contributed by atoms with E-state index in [-0.39, 0.29) is 12.0 Å². The first kappa shape index (κ1) is 13.5. The second-order valence-electron chi connectivity index (χ2n) is 6.23. The van der Waals surface area contributed by atoms with Crippen LogP contribution in [-0.2, 0) is 6.42 Å². The molecule has 1 aliphatic heterocycles. The van der Waals surface area contributed by atoms with E-state index in [0.29, 0.717) is 25.9 Å². The highest BCUT2D eigenvalue weighted by molar-refractivity contribution is 5.95. The second kappa shape index (κ2) is 5.25. The summed E-state index contributed by atoms with van der Waals surface area (Å²) in [5.41, 5.74) is 5.88. The largest absolute Gasteiger partial charge is 0.393 e. The smallest absolute Gasteiger partial charge is 0.253 e. The number of piperidine rings is 1. The summed E-state index contributed by atoms with van der Waals surface area (Å²) in [7, 11) is 0. The third-order valence-corrected chi connectivity index (χ3v) is 4.79. The summed E-state index contributed by atoms with van der Waals surface area (Å²) in [5, 5.41) is 9.57. The summed E-state index contributed by atoms with van der Waals surface area (Å²) in [6.07, 6.45) is 2.02. The minimum absolute atomic E-state index is 0.0886. The van der Waals surface area contributed by atoms with Crippen molar-refractivity contribution in [3.8, 4) is 11.1 Å². The molecule has 112 valence electrons. The van der Waals surface area contributed by atoms with Crippen molar-refractivity contribution in [2.75, 3.05) is 13.1 Å². The molecule has 3 heteroatoms. The molecule has 1 saturated heterocycles. The van der Waals surface area contributed by atoms with E-state index in [1.165, 1.54) is 22.3 Å². The number of benzene rings is 2. The van der Waals surface area contributed by atoms with Gasteiger partial charge in [0.15, 0.2) is 0 Å². The Kier molecular flexibility index (Phi) is 3.23. The number of rotatable bonds is 1. The van der Waals surface area contributed by atoms with Gasteiger partial charge in [0, 0.05) is 18.7 Å². The first-order valence-corrected chi connectivity index (χ1v) is 7.91. The number of fused-ring (bicyclic) bond motifs is 3. The lowest BCUT2D eigenvalue weighted by Gasteiger charge is -2.29. The molecule has 0 atom stereocenters. The summed E-state index contributed by atoms with van der Waals surface area (Å²) >= 11 is 0. The zero-order valence-corrected chi connectivity index (χ0v) is 12.5. The Hall–Kier alpha value is -2.13. The lowest BCUT2D eigenvalue weighted by atomic mass is 10.0. The molecule has 0 unspecified atom stereocenters. The average molecular weight is 293 g/mol. The maximum atomic E-state index is 12.6. The third-order valence-electron chi connectivity index (χ3n) is 4.79. The van der Waals surface area contributed by atoms with E-state index in [4.69, 9.17) is 0 Å². The number of likely N-dealkylation sites (tertiary alicyclic amines) is 1. The summed E-state index contributed by atoms with van der Waals surface area (Å²) in [6, 6.07) is 14.5. The molecule has 0 spiro atoms. The van der Waals surface area contributed by atoms with Crippen molar-refractivity contribution in [2.45, 2.75) is 25.4 Å². The van der Waals surface area contributed by atoms with Crippen LogP contribution in [0, 0.1) is 0 Å². The summed E-state index contributed by atoms with van der Waals surface area (Å²) < 4.78 is 0. The van der Waals surface area contributed by atoms with Gasteiger partial charge < -0.3 is 10.0 Å². The van der Waals surface area contributed by atoms with Crippen LogP contribution in [0.5, 0.6) is 0 Å². The maximum Gasteiger partial charge on any atom is 0.253 e. The molecule has 2 aromatic rings. The SMILES string of the molecule is O=C(c1ccc2c(c1)Cc1ccccc1-2)N1CCC(O)CC1. The number of hydrogen-bond acceptors (Lipinski definition) is 2. The third kappa shape index (κ3) is 2.22. The first-order chi connectivity index (χ1) is 10.7. The molecular weight excluding hydrogens is 274 g/mol. The molecule has 1 N–H and O–H groups in total. The van der Waals surface area contributed by atoms with Gasteiger partial charge in [-0.3, -0.25) is 4.79 Å². The van der Waals surface area contributed by atoms with Crippen LogP contribution in [0.4, 0.5) is 0 Å². The van der Waals surface area contributed by atoms with E-state index in [2.05, 4.69) is 30.3 Å². The Morgan fingerprint density at radius 2 is 1.73 bits per heavy atom. The molecule has 1 aliphatic carbocycles. The Bertz CT molecular complexity index is 730. The first-order valence-electron chi connectivity index (χ1n) is 7.91. The molecule has 4 rings (SSSR count). The molecule has 2 aliphatic rings. The lowest BCUT2D eigenvalue weighted by Crippen LogP contribution is -2.40. The van der Waals surface area contributed by atoms with Crippen molar-refractivity contribution in [3.05, 3.63) is 59.2 Å². The predicted molar refractivity (Wildman–Crippen MR) is 85.8 cm³/mol. The van der Waals surface area contributed by atoms with Gasteiger partial charge in [-0.25, -0.2) is 0 Å². The highest BCUT2D eigenvalue weighted by Gasteiger charge is 2.24. The van der Waals surface area contributed by atoms with Crippen LogP contribution >= 0.6 is 0 Å². The fourth-order valence-corrected chi connectivity index (χ4v) is 3.53. The van der Waals surface area contributed by atoms with Crippen molar-refractivity contribution in [1.29, 1.82) is 0 Å². The molecule has 0 aromatic heterocycles. The normalized spacial score (nSPS) is 17.2. The molecule has 22 heavy (non-hydrogen) atoms. The molecule has 2 aromatic carbocycles. The van der Waals surface area contributed by atoms with Gasteiger partial charge in [-0.1, -0.05) is 30.3 Å². The number of aliphatic hydroxyl groups is 1. The number of carbonyl (C=O) groups excluding carboxylic acids is 1. The van der Waals surface area contributed by atoms with E-state index in [0.717, 1.165) is 12.0 Å². The topological polar surface area (TPSA) is 40.5 Å². The van der Waals surface area contributed by atoms with Gasteiger partial charge in [0.05, 0.1) is 6.10 Å². The van der Waals surface area contributed by atoms with Crippen LogP contribution in [0.15, 0.2) is 42.5 Å². The van der Waals surface area contributed by atoms with Crippen LogP contribution in [-0.4, -0.2) is 35.1 Å². The van der Waals surface area contributed by atoms with Crippen molar-refractivity contribution in [2.24, 2.45) is 0 Å². The number of nitrogens with zero attached hydrogens (tertiary/aromatic N) is 1. The number of amides is 1. The predicted octanol–water partition coefficient (Wildman–Crippen LogP) is 2.85. The van der Waals surface area contributed by atoms with Crippen LogP contribution in [0.25, 0.3) is 11.1 Å². The summed E-state index contributed by atoms with van der Waals surface area (Å²) in [4.78, 5) is 14.5. The fourth-order valence-electron chi connectivity index (χ4n) is 3.53. The van der Waals surface area contributed by atoms with E-state index >= 15 is 0 Å². The van der Waals surface area contributed by atoms with Gasteiger partial charge >= 0.3 is 0 Å². The van der Waals surface area contributed by atoms with Crippen molar-refractivity contribution in [1.82, 2.24) is 4.90 Å². The van der Waals surface area contributed by atoms with E-state index < -0.39 is 0 Å². The van der Waals surface area contributed by atoms with Crippen LogP contribution in [0.3, 0.4) is 0 Å². The lowest BCUT2D eigenvalue weighted by molar-refractivity contribution is 0.0546. The Balaban J connectivity index is 1.60. The Labute approximate surface area is 130 Å². The zero-order chi connectivity index (χ0) is 15.1. The Morgan fingerprint density at radius 3 is 2.55 bits per heavy atom. The van der Waals surface area contributed by atoms with Gasteiger partial charge in [0.25, 0.3) is 5.91 Å². The quantitative estimate of drug-likeness (QED) is 0.749. The van der Waals surface area contributed by atoms with E-state index in [1.807, 2.05) is 17.0 Å². The average Bonchev–Trinajstić information content (AvgIpc) is 2.92. The molecule has 0 saturated carbocycles. The molecule has 3 nitrogen and oxygen atoms in total. The molecule has 0 bridgehead atoms. The van der Waals surface area contributed by atoms with Crippen molar-refractivity contribution >= 4 is 5.91 Å².